The maximum absolute atomic E-state index is 14.0. The zero-order valence-corrected chi connectivity index (χ0v) is 31.0. The molecule has 1 saturated carbocycles. The van der Waals surface area contributed by atoms with E-state index in [0.29, 0.717) is 46.7 Å². The standard InChI is InChI=1S/C31H28ClF3N7O2.C3H8O.Y/c1-17-25(6-7-27(39-17)41-9-8-36-13-26(41)31(33,34)35)42(30(43)20-11-37-29(38-12-20)19-3-4-19)14-18-2-5-21-22-15-44-16-23(22)28(32)40-24(21)10-18;1-3(2)4;/h2,5-7,10-12,19,26H,3-4,8-9,13-16H2,1H3;3-4H,1-2H3;/q-1;;. The molecule has 3 aliphatic rings. The van der Waals surface area contributed by atoms with Gasteiger partial charge in [-0.05, 0) is 62.9 Å². The molecule has 1 aliphatic carbocycles. The van der Waals surface area contributed by atoms with Gasteiger partial charge >= 0.3 is 6.18 Å². The largest absolute Gasteiger partial charge is 0.659 e. The molecule has 49 heavy (non-hydrogen) atoms. The molecule has 7 rings (SSSR count). The number of ether oxygens (including phenoxy) is 1. The Hall–Kier alpha value is -2.81. The molecule has 2 fully saturated rings. The van der Waals surface area contributed by atoms with E-state index in [1.54, 1.807) is 31.7 Å². The van der Waals surface area contributed by atoms with Gasteiger partial charge in [0.2, 0.25) is 0 Å². The average Bonchev–Trinajstić information content (AvgIpc) is 3.78. The second-order valence-corrected chi connectivity index (χ2v) is 12.8. The Balaban J connectivity index is 0.000000889. The van der Waals surface area contributed by atoms with Crippen molar-refractivity contribution in [3.8, 4) is 0 Å². The molecule has 1 radical (unpaired) electrons. The fraction of sp³-hybridized carbons (Fsp3) is 0.441. The minimum atomic E-state index is -4.45. The van der Waals surface area contributed by atoms with E-state index in [1.165, 1.54) is 23.4 Å². The molecule has 4 aromatic rings. The van der Waals surface area contributed by atoms with Crippen molar-refractivity contribution in [3.63, 3.8) is 0 Å². The number of aliphatic hydroxyl groups excluding tert-OH is 1. The van der Waals surface area contributed by atoms with Gasteiger partial charge in [-0.1, -0.05) is 23.7 Å². The minimum Gasteiger partial charge on any atom is -0.659 e. The summed E-state index contributed by atoms with van der Waals surface area (Å²) < 4.78 is 47.0. The number of aryl methyl sites for hydroxylation is 1. The van der Waals surface area contributed by atoms with E-state index < -0.39 is 12.2 Å². The summed E-state index contributed by atoms with van der Waals surface area (Å²) in [6.07, 6.45) is 0.511. The monoisotopic (exact) mass is 771 g/mol. The zero-order chi connectivity index (χ0) is 34.2. The van der Waals surface area contributed by atoms with Gasteiger partial charge in [-0.25, -0.2) is 19.9 Å². The predicted molar refractivity (Wildman–Crippen MR) is 176 cm³/mol. The number of halogens is 4. The van der Waals surface area contributed by atoms with Crippen LogP contribution in [0.4, 0.5) is 24.7 Å². The van der Waals surface area contributed by atoms with Gasteiger partial charge in [0, 0.05) is 74.6 Å². The molecular formula is C34H36ClF3N7O3Y-. The van der Waals surface area contributed by atoms with Crippen molar-refractivity contribution in [1.82, 2.24) is 19.9 Å². The number of hydrogen-bond donors (Lipinski definition) is 1. The van der Waals surface area contributed by atoms with E-state index in [1.807, 2.05) is 18.2 Å². The first kappa shape index (κ1) is 37.4. The molecule has 3 aromatic heterocycles. The normalized spacial score (nSPS) is 17.3. The van der Waals surface area contributed by atoms with Crippen LogP contribution in [0.1, 0.15) is 71.2 Å². The molecule has 0 spiro atoms. The molecule has 1 unspecified atom stereocenters. The summed E-state index contributed by atoms with van der Waals surface area (Å²) in [5.41, 5.74) is 4.52. The van der Waals surface area contributed by atoms with Crippen LogP contribution in [-0.2, 0) is 57.2 Å². The number of fused-ring (bicyclic) bond motifs is 3. The Morgan fingerprint density at radius 1 is 1.12 bits per heavy atom. The number of aliphatic hydroxyl groups is 1. The number of hydrogen-bond acceptors (Lipinski definition) is 8. The van der Waals surface area contributed by atoms with Gasteiger partial charge in [0.15, 0.2) is 0 Å². The Labute approximate surface area is 312 Å². The summed E-state index contributed by atoms with van der Waals surface area (Å²) in [5, 5.41) is 13.3. The zero-order valence-electron chi connectivity index (χ0n) is 27.4. The van der Waals surface area contributed by atoms with Crippen LogP contribution in [0.15, 0.2) is 42.7 Å². The van der Waals surface area contributed by atoms with Gasteiger partial charge in [-0.15, -0.1) is 13.1 Å². The molecule has 5 heterocycles. The van der Waals surface area contributed by atoms with Crippen LogP contribution in [0.5, 0.6) is 0 Å². The number of piperazine rings is 1. The summed E-state index contributed by atoms with van der Waals surface area (Å²) in [6.45, 7) is 6.18. The molecule has 1 aromatic carbocycles. The summed E-state index contributed by atoms with van der Waals surface area (Å²) >= 11 is 6.45. The third-order valence-corrected chi connectivity index (χ3v) is 8.66. The van der Waals surface area contributed by atoms with Crippen molar-refractivity contribution in [2.75, 3.05) is 29.4 Å². The van der Waals surface area contributed by atoms with E-state index in [0.717, 1.165) is 40.7 Å². The molecule has 1 atom stereocenters. The Morgan fingerprint density at radius 2 is 1.82 bits per heavy atom. The average molecular weight is 772 g/mol. The van der Waals surface area contributed by atoms with Crippen molar-refractivity contribution in [3.05, 3.63) is 87.0 Å². The number of benzene rings is 1. The van der Waals surface area contributed by atoms with E-state index in [-0.39, 0.29) is 76.7 Å². The molecule has 1 saturated heterocycles. The molecule has 10 nitrogen and oxygen atoms in total. The third kappa shape index (κ3) is 8.57. The molecule has 1 amide bonds. The van der Waals surface area contributed by atoms with Gasteiger partial charge in [0.1, 0.15) is 22.8 Å². The van der Waals surface area contributed by atoms with Gasteiger partial charge in [0.05, 0.1) is 42.2 Å². The Morgan fingerprint density at radius 3 is 2.47 bits per heavy atom. The van der Waals surface area contributed by atoms with Crippen LogP contribution in [0.25, 0.3) is 16.2 Å². The van der Waals surface area contributed by atoms with E-state index >= 15 is 0 Å². The topological polar surface area (TPSA) is 119 Å². The van der Waals surface area contributed by atoms with Crippen molar-refractivity contribution in [2.45, 2.75) is 77.6 Å². The maximum atomic E-state index is 14.0. The molecular weight excluding hydrogens is 736 g/mol. The van der Waals surface area contributed by atoms with Crippen molar-refractivity contribution in [2.24, 2.45) is 0 Å². The maximum Gasteiger partial charge on any atom is 0.407 e. The number of amides is 1. The molecule has 257 valence electrons. The Kier molecular flexibility index (Phi) is 11.9. The molecule has 0 bridgehead atoms. The summed E-state index contributed by atoms with van der Waals surface area (Å²) in [7, 11) is 0. The van der Waals surface area contributed by atoms with Crippen LogP contribution < -0.4 is 9.80 Å². The number of carbonyl (C=O) groups is 1. The van der Waals surface area contributed by atoms with Crippen LogP contribution in [0.2, 0.25) is 5.15 Å². The number of nitrogens with zero attached hydrogens (tertiary/aromatic N) is 7. The number of anilines is 2. The number of carbonyl (C=O) groups excluding carboxylic acids is 1. The van der Waals surface area contributed by atoms with Crippen LogP contribution in [0, 0.1) is 6.92 Å². The second-order valence-electron chi connectivity index (χ2n) is 12.4. The van der Waals surface area contributed by atoms with Crippen LogP contribution in [0.3, 0.4) is 0 Å². The van der Waals surface area contributed by atoms with Gasteiger partial charge in [0.25, 0.3) is 5.91 Å². The summed E-state index contributed by atoms with van der Waals surface area (Å²) in [6, 6.07) is 7.18. The van der Waals surface area contributed by atoms with Gasteiger partial charge in [-0.2, -0.15) is 13.2 Å². The van der Waals surface area contributed by atoms with E-state index in [4.69, 9.17) is 21.4 Å². The minimum absolute atomic E-state index is 0. The van der Waals surface area contributed by atoms with Crippen molar-refractivity contribution in [1.29, 1.82) is 0 Å². The van der Waals surface area contributed by atoms with Gasteiger partial charge in [-0.3, -0.25) is 4.79 Å². The van der Waals surface area contributed by atoms with Gasteiger partial charge < -0.3 is 25.0 Å². The van der Waals surface area contributed by atoms with Crippen LogP contribution >= 0.6 is 11.6 Å². The number of aromatic nitrogens is 4. The summed E-state index contributed by atoms with van der Waals surface area (Å²) in [5.74, 6) is 0.884. The number of rotatable bonds is 6. The Bertz CT molecular complexity index is 1810. The fourth-order valence-electron chi connectivity index (χ4n) is 5.84. The van der Waals surface area contributed by atoms with E-state index in [2.05, 4.69) is 25.3 Å². The summed E-state index contributed by atoms with van der Waals surface area (Å²) in [4.78, 5) is 34.8. The first-order valence-electron chi connectivity index (χ1n) is 15.8. The fourth-order valence-corrected chi connectivity index (χ4v) is 6.10. The predicted octanol–water partition coefficient (Wildman–Crippen LogP) is 6.65. The molecule has 2 aliphatic heterocycles. The quantitative estimate of drug-likeness (QED) is 0.217. The number of pyridine rings is 2. The first-order valence-corrected chi connectivity index (χ1v) is 16.2. The van der Waals surface area contributed by atoms with Crippen molar-refractivity contribution >= 4 is 39.9 Å². The SMILES string of the molecule is CC(C)O.Cc1nc(N2CC[N-]CC2C(F)(F)F)ccc1N(Cc1ccc2c3c(c(Cl)nc2c1)COC3)C(=O)c1cnc(C2CC2)nc1.[Y]. The smallest absolute Gasteiger partial charge is 0.407 e. The molecule has 15 heteroatoms. The van der Waals surface area contributed by atoms with Crippen molar-refractivity contribution < 1.29 is 60.5 Å². The van der Waals surface area contributed by atoms with Crippen LogP contribution in [-0.4, -0.2) is 68.9 Å². The number of alkyl halides is 3. The third-order valence-electron chi connectivity index (χ3n) is 8.34. The second kappa shape index (κ2) is 15.6. The molecule has 1 N–H and O–H groups in total. The first-order chi connectivity index (χ1) is 22.9. The van der Waals surface area contributed by atoms with E-state index in [9.17, 15) is 18.0 Å².